The Bertz CT molecular complexity index is 392. The molecule has 0 saturated carbocycles. The van der Waals surface area contributed by atoms with Crippen molar-refractivity contribution in [3.8, 4) is 0 Å². The lowest BCUT2D eigenvalue weighted by Crippen LogP contribution is -2.45. The van der Waals surface area contributed by atoms with Crippen LogP contribution in [0, 0.1) is 5.92 Å². The number of amides is 1. The number of rotatable bonds is 2. The molecule has 88 valence electrons. The third kappa shape index (κ3) is 2.11. The number of thiazole rings is 1. The Morgan fingerprint density at radius 2 is 2.38 bits per heavy atom. The van der Waals surface area contributed by atoms with Gasteiger partial charge in [0.05, 0.1) is 12.1 Å². The molecule has 0 radical (unpaired) electrons. The summed E-state index contributed by atoms with van der Waals surface area (Å²) in [5.41, 5.74) is 11.0. The van der Waals surface area contributed by atoms with E-state index in [2.05, 4.69) is 16.8 Å². The number of hydrogen-bond acceptors (Lipinski definition) is 5. The van der Waals surface area contributed by atoms with E-state index in [1.807, 2.05) is 0 Å². The molecule has 0 aromatic carbocycles. The zero-order valence-corrected chi connectivity index (χ0v) is 10.0. The highest BCUT2D eigenvalue weighted by Gasteiger charge is 2.30. The van der Waals surface area contributed by atoms with Gasteiger partial charge in [0.15, 0.2) is 5.13 Å². The minimum absolute atomic E-state index is 0.0682. The van der Waals surface area contributed by atoms with Crippen molar-refractivity contribution >= 4 is 27.4 Å². The van der Waals surface area contributed by atoms with Crippen molar-refractivity contribution in [1.29, 1.82) is 0 Å². The van der Waals surface area contributed by atoms with Crippen LogP contribution < -0.4 is 16.4 Å². The van der Waals surface area contributed by atoms with Crippen molar-refractivity contribution < 1.29 is 4.79 Å². The Morgan fingerprint density at radius 1 is 1.62 bits per heavy atom. The third-order valence-electron chi connectivity index (χ3n) is 3.04. The number of nitrogens with zero attached hydrogens (tertiary/aromatic N) is 2. The highest BCUT2D eigenvalue weighted by atomic mass is 32.1. The van der Waals surface area contributed by atoms with Crippen LogP contribution >= 0.6 is 11.3 Å². The molecule has 1 aliphatic heterocycles. The lowest BCUT2D eigenvalue weighted by molar-refractivity contribution is -0.122. The van der Waals surface area contributed by atoms with Crippen molar-refractivity contribution in [3.05, 3.63) is 6.20 Å². The molecule has 1 amide bonds. The molecule has 5 nitrogen and oxygen atoms in total. The minimum atomic E-state index is -0.221. The molecule has 1 saturated heterocycles. The Kier molecular flexibility index (Phi) is 3.00. The second-order valence-corrected chi connectivity index (χ2v) is 5.26. The summed E-state index contributed by atoms with van der Waals surface area (Å²) < 4.78 is 0. The first-order valence-electron chi connectivity index (χ1n) is 5.35. The molecule has 1 fully saturated rings. The molecule has 2 rings (SSSR count). The summed E-state index contributed by atoms with van der Waals surface area (Å²) in [6, 6.07) is 0.390. The van der Waals surface area contributed by atoms with Gasteiger partial charge in [0, 0.05) is 12.6 Å². The molecule has 1 aliphatic rings. The molecule has 0 bridgehead atoms. The predicted octanol–water partition coefficient (Wildman–Crippen LogP) is 0.815. The predicted molar refractivity (Wildman–Crippen MR) is 65.3 cm³/mol. The molecule has 0 spiro atoms. The van der Waals surface area contributed by atoms with Gasteiger partial charge in [-0.25, -0.2) is 4.98 Å². The van der Waals surface area contributed by atoms with Gasteiger partial charge >= 0.3 is 0 Å². The molecular weight excluding hydrogens is 224 g/mol. The quantitative estimate of drug-likeness (QED) is 0.801. The Labute approximate surface area is 98.4 Å². The molecule has 0 aliphatic carbocycles. The number of nitrogens with two attached hydrogens (primary N) is 2. The number of nitrogen functional groups attached to an aromatic ring is 1. The second kappa shape index (κ2) is 4.29. The highest BCUT2D eigenvalue weighted by Crippen LogP contribution is 2.31. The van der Waals surface area contributed by atoms with Crippen LogP contribution in [0.3, 0.4) is 0 Å². The number of hydrogen-bond donors (Lipinski definition) is 2. The van der Waals surface area contributed by atoms with Crippen LogP contribution in [-0.4, -0.2) is 23.5 Å². The Hall–Kier alpha value is -1.30. The molecule has 4 N–H and O–H groups in total. The smallest absolute Gasteiger partial charge is 0.222 e. The van der Waals surface area contributed by atoms with E-state index in [4.69, 9.17) is 11.5 Å². The zero-order valence-electron chi connectivity index (χ0n) is 9.22. The maximum Gasteiger partial charge on any atom is 0.222 e. The van der Waals surface area contributed by atoms with E-state index >= 15 is 0 Å². The molecular formula is C10H16N4OS. The summed E-state index contributed by atoms with van der Waals surface area (Å²) in [6.45, 7) is 2.79. The molecule has 1 aromatic rings. The van der Waals surface area contributed by atoms with Crippen LogP contribution in [0.1, 0.15) is 19.8 Å². The maximum absolute atomic E-state index is 11.2. The Morgan fingerprint density at radius 3 is 2.94 bits per heavy atom. The van der Waals surface area contributed by atoms with Crippen molar-refractivity contribution in [2.45, 2.75) is 25.8 Å². The van der Waals surface area contributed by atoms with Crippen molar-refractivity contribution in [2.75, 3.05) is 17.2 Å². The fourth-order valence-corrected chi connectivity index (χ4v) is 2.81. The summed E-state index contributed by atoms with van der Waals surface area (Å²) in [5, 5.41) is 1.58. The van der Waals surface area contributed by atoms with Gasteiger partial charge in [-0.2, -0.15) is 0 Å². The maximum atomic E-state index is 11.2. The van der Waals surface area contributed by atoms with Crippen LogP contribution in [0.4, 0.5) is 10.1 Å². The Balaban J connectivity index is 2.15. The average molecular weight is 240 g/mol. The van der Waals surface area contributed by atoms with Gasteiger partial charge in [0.2, 0.25) is 5.91 Å². The fraction of sp³-hybridized carbons (Fsp3) is 0.600. The number of piperidine rings is 1. The van der Waals surface area contributed by atoms with Gasteiger partial charge in [-0.15, -0.1) is 0 Å². The summed E-state index contributed by atoms with van der Waals surface area (Å²) in [4.78, 5) is 17.6. The standard InChI is InChI=1S/C10H16N4OS/c1-6-2-3-7(9(12)15)5-14(6)10-13-4-8(11)16-10/h4,6-7H,2-3,5,11H2,1H3,(H2,12,15). The van der Waals surface area contributed by atoms with Crippen molar-refractivity contribution in [3.63, 3.8) is 0 Å². The van der Waals surface area contributed by atoms with Gasteiger partial charge in [-0.05, 0) is 19.8 Å². The molecule has 1 aromatic heterocycles. The first-order chi connectivity index (χ1) is 7.58. The topological polar surface area (TPSA) is 85.2 Å². The second-order valence-electron chi connectivity index (χ2n) is 4.22. The largest absolute Gasteiger partial charge is 0.389 e. The number of carbonyl (C=O) groups excluding carboxylic acids is 1. The molecule has 2 atom stereocenters. The zero-order chi connectivity index (χ0) is 11.7. The first kappa shape index (κ1) is 11.2. The number of carbonyl (C=O) groups is 1. The first-order valence-corrected chi connectivity index (χ1v) is 6.17. The van der Waals surface area contributed by atoms with Gasteiger partial charge in [-0.1, -0.05) is 11.3 Å². The monoisotopic (exact) mass is 240 g/mol. The van der Waals surface area contributed by atoms with Gasteiger partial charge < -0.3 is 16.4 Å². The highest BCUT2D eigenvalue weighted by molar-refractivity contribution is 7.19. The van der Waals surface area contributed by atoms with E-state index in [0.29, 0.717) is 17.6 Å². The lowest BCUT2D eigenvalue weighted by Gasteiger charge is -2.36. The van der Waals surface area contributed by atoms with Crippen molar-refractivity contribution in [1.82, 2.24) is 4.98 Å². The minimum Gasteiger partial charge on any atom is -0.389 e. The molecule has 6 heteroatoms. The normalized spacial score (nSPS) is 25.7. The number of anilines is 2. The van der Waals surface area contributed by atoms with Gasteiger partial charge in [0.1, 0.15) is 5.00 Å². The van der Waals surface area contributed by atoms with E-state index in [1.54, 1.807) is 6.20 Å². The van der Waals surface area contributed by atoms with E-state index in [1.165, 1.54) is 11.3 Å². The van der Waals surface area contributed by atoms with Crippen LogP contribution in [0.25, 0.3) is 0 Å². The van der Waals surface area contributed by atoms with Crippen LogP contribution in [-0.2, 0) is 4.79 Å². The summed E-state index contributed by atoms with van der Waals surface area (Å²) in [6.07, 6.45) is 3.49. The lowest BCUT2D eigenvalue weighted by atomic mass is 9.93. The SMILES string of the molecule is CC1CCC(C(N)=O)CN1c1ncc(N)s1. The van der Waals surface area contributed by atoms with E-state index in [9.17, 15) is 4.79 Å². The van der Waals surface area contributed by atoms with E-state index in [-0.39, 0.29) is 11.8 Å². The van der Waals surface area contributed by atoms with Crippen LogP contribution in [0.2, 0.25) is 0 Å². The summed E-state index contributed by atoms with van der Waals surface area (Å²) >= 11 is 1.45. The summed E-state index contributed by atoms with van der Waals surface area (Å²) in [5.74, 6) is -0.289. The van der Waals surface area contributed by atoms with Crippen LogP contribution in [0.5, 0.6) is 0 Å². The van der Waals surface area contributed by atoms with E-state index < -0.39 is 0 Å². The number of primary amides is 1. The van der Waals surface area contributed by atoms with E-state index in [0.717, 1.165) is 18.0 Å². The summed E-state index contributed by atoms with van der Waals surface area (Å²) in [7, 11) is 0. The van der Waals surface area contributed by atoms with Crippen molar-refractivity contribution in [2.24, 2.45) is 11.7 Å². The number of aromatic nitrogens is 1. The van der Waals surface area contributed by atoms with Gasteiger partial charge in [-0.3, -0.25) is 4.79 Å². The average Bonchev–Trinajstić information content (AvgIpc) is 2.65. The molecule has 2 heterocycles. The fourth-order valence-electron chi connectivity index (χ4n) is 2.02. The van der Waals surface area contributed by atoms with Gasteiger partial charge in [0.25, 0.3) is 0 Å². The molecule has 16 heavy (non-hydrogen) atoms. The molecule has 2 unspecified atom stereocenters. The van der Waals surface area contributed by atoms with Crippen LogP contribution in [0.15, 0.2) is 6.20 Å². The third-order valence-corrected chi connectivity index (χ3v) is 3.91.